The minimum atomic E-state index is 0.276. The molecule has 0 aliphatic rings. The Bertz CT molecular complexity index is 583. The molecule has 0 saturated heterocycles. The largest absolute Gasteiger partial charge is 0.493 e. The lowest BCUT2D eigenvalue weighted by atomic mass is 10.1. The molecule has 2 rings (SSSR count). The number of hydrogen-bond donors (Lipinski definition) is 1. The molecule has 6 nitrogen and oxygen atoms in total. The van der Waals surface area contributed by atoms with Gasteiger partial charge in [-0.25, -0.2) is 0 Å². The van der Waals surface area contributed by atoms with E-state index in [0.717, 1.165) is 18.0 Å². The van der Waals surface area contributed by atoms with Gasteiger partial charge < -0.3 is 14.8 Å². The van der Waals surface area contributed by atoms with E-state index in [9.17, 15) is 0 Å². The molecule has 0 aliphatic carbocycles. The predicted molar refractivity (Wildman–Crippen MR) is 80.4 cm³/mol. The summed E-state index contributed by atoms with van der Waals surface area (Å²) in [4.78, 5) is 0. The molecule has 0 aliphatic heterocycles. The van der Waals surface area contributed by atoms with Crippen LogP contribution < -0.4 is 14.8 Å². The van der Waals surface area contributed by atoms with Crippen molar-refractivity contribution in [3.63, 3.8) is 0 Å². The lowest BCUT2D eigenvalue weighted by molar-refractivity contribution is 0.280. The van der Waals surface area contributed by atoms with Crippen molar-refractivity contribution >= 4 is 0 Å². The van der Waals surface area contributed by atoms with Crippen molar-refractivity contribution in [2.75, 3.05) is 13.7 Å². The topological polar surface area (TPSA) is 61.2 Å². The highest BCUT2D eigenvalue weighted by Gasteiger charge is 2.10. The van der Waals surface area contributed by atoms with E-state index in [1.807, 2.05) is 31.4 Å². The second-order valence-corrected chi connectivity index (χ2v) is 4.86. The summed E-state index contributed by atoms with van der Waals surface area (Å²) in [6.07, 6.45) is 1.83. The van der Waals surface area contributed by atoms with Crippen LogP contribution in [0.4, 0.5) is 0 Å². The molecule has 1 aromatic carbocycles. The maximum Gasteiger partial charge on any atom is 0.161 e. The average Bonchev–Trinajstić information content (AvgIpc) is 2.90. The van der Waals surface area contributed by atoms with E-state index in [0.29, 0.717) is 12.4 Å². The Balaban J connectivity index is 2.08. The molecule has 1 atom stereocenters. The first kappa shape index (κ1) is 15.3. The number of benzene rings is 1. The van der Waals surface area contributed by atoms with Crippen LogP contribution in [0, 0.1) is 0 Å². The van der Waals surface area contributed by atoms with Crippen molar-refractivity contribution in [2.45, 2.75) is 26.5 Å². The molecule has 1 aromatic heterocycles. The van der Waals surface area contributed by atoms with Crippen LogP contribution >= 0.6 is 0 Å². The molecule has 1 N–H and O–H groups in total. The van der Waals surface area contributed by atoms with Gasteiger partial charge in [0.05, 0.1) is 13.3 Å². The van der Waals surface area contributed by atoms with E-state index in [1.54, 1.807) is 11.8 Å². The third-order valence-corrected chi connectivity index (χ3v) is 3.22. The van der Waals surface area contributed by atoms with Gasteiger partial charge in [-0.15, -0.1) is 5.10 Å². The summed E-state index contributed by atoms with van der Waals surface area (Å²) in [5, 5.41) is 11.2. The number of hydrogen-bond acceptors (Lipinski definition) is 5. The Labute approximate surface area is 125 Å². The molecule has 114 valence electrons. The fourth-order valence-corrected chi connectivity index (χ4v) is 2.11. The maximum absolute atomic E-state index is 5.76. The van der Waals surface area contributed by atoms with Crippen LogP contribution in [0.15, 0.2) is 24.4 Å². The van der Waals surface area contributed by atoms with Gasteiger partial charge in [-0.2, -0.15) is 0 Å². The minimum absolute atomic E-state index is 0.276. The van der Waals surface area contributed by atoms with Crippen molar-refractivity contribution in [3.05, 3.63) is 35.7 Å². The summed E-state index contributed by atoms with van der Waals surface area (Å²) in [7, 11) is 3.47. The molecule has 0 bridgehead atoms. The third-order valence-electron chi connectivity index (χ3n) is 3.22. The van der Waals surface area contributed by atoms with Crippen LogP contribution in [-0.2, 0) is 13.7 Å². The van der Waals surface area contributed by atoms with Crippen LogP contribution in [-0.4, -0.2) is 28.6 Å². The van der Waals surface area contributed by atoms with E-state index in [-0.39, 0.29) is 6.04 Å². The quantitative estimate of drug-likeness (QED) is 0.846. The van der Waals surface area contributed by atoms with Crippen molar-refractivity contribution in [1.29, 1.82) is 0 Å². The van der Waals surface area contributed by atoms with Crippen molar-refractivity contribution in [3.8, 4) is 11.5 Å². The van der Waals surface area contributed by atoms with Gasteiger partial charge in [-0.05, 0) is 31.2 Å². The molecule has 0 amide bonds. The summed E-state index contributed by atoms with van der Waals surface area (Å²) in [5.41, 5.74) is 1.95. The van der Waals surface area contributed by atoms with Crippen molar-refractivity contribution in [1.82, 2.24) is 20.3 Å². The molecule has 1 heterocycles. The van der Waals surface area contributed by atoms with Gasteiger partial charge in [0.15, 0.2) is 11.5 Å². The Kier molecular flexibility index (Phi) is 5.16. The lowest BCUT2D eigenvalue weighted by Crippen LogP contribution is -2.17. The van der Waals surface area contributed by atoms with Crippen LogP contribution in [0.3, 0.4) is 0 Å². The number of aryl methyl sites for hydroxylation is 1. The smallest absolute Gasteiger partial charge is 0.161 e. The summed E-state index contributed by atoms with van der Waals surface area (Å²) in [5.74, 6) is 1.43. The van der Waals surface area contributed by atoms with Gasteiger partial charge in [0.25, 0.3) is 0 Å². The Morgan fingerprint density at radius 1 is 1.33 bits per heavy atom. The maximum atomic E-state index is 5.76. The summed E-state index contributed by atoms with van der Waals surface area (Å²) in [6, 6.07) is 6.25. The molecule has 21 heavy (non-hydrogen) atoms. The van der Waals surface area contributed by atoms with Crippen LogP contribution in [0.1, 0.15) is 31.1 Å². The molecular weight excluding hydrogens is 268 g/mol. The first-order chi connectivity index (χ1) is 10.1. The molecule has 0 saturated carbocycles. The van der Waals surface area contributed by atoms with E-state index in [4.69, 9.17) is 9.47 Å². The number of rotatable bonds is 7. The molecule has 0 radical (unpaired) electrons. The summed E-state index contributed by atoms with van der Waals surface area (Å²) >= 11 is 0. The number of nitrogens with one attached hydrogen (secondary N) is 1. The van der Waals surface area contributed by atoms with Crippen molar-refractivity contribution < 1.29 is 9.47 Å². The molecule has 1 unspecified atom stereocenters. The lowest BCUT2D eigenvalue weighted by Gasteiger charge is -2.16. The van der Waals surface area contributed by atoms with E-state index in [2.05, 4.69) is 29.5 Å². The zero-order chi connectivity index (χ0) is 15.2. The zero-order valence-electron chi connectivity index (χ0n) is 13.0. The SMILES string of the molecule is CCNC(C)c1ccc(OCc2cn(C)nn2)c(OC)c1. The van der Waals surface area contributed by atoms with E-state index in [1.165, 1.54) is 5.56 Å². The molecule has 2 aromatic rings. The molecule has 6 heteroatoms. The first-order valence-electron chi connectivity index (χ1n) is 7.03. The highest BCUT2D eigenvalue weighted by Crippen LogP contribution is 2.30. The number of nitrogens with zero attached hydrogens (tertiary/aromatic N) is 3. The van der Waals surface area contributed by atoms with Gasteiger partial charge in [-0.1, -0.05) is 18.2 Å². The number of methoxy groups -OCH3 is 1. The highest BCUT2D eigenvalue weighted by molar-refractivity contribution is 5.43. The van der Waals surface area contributed by atoms with E-state index < -0.39 is 0 Å². The number of aromatic nitrogens is 3. The second kappa shape index (κ2) is 7.08. The minimum Gasteiger partial charge on any atom is -0.493 e. The van der Waals surface area contributed by atoms with Crippen molar-refractivity contribution in [2.24, 2.45) is 7.05 Å². The van der Waals surface area contributed by atoms with Gasteiger partial charge in [0.2, 0.25) is 0 Å². The van der Waals surface area contributed by atoms with Crippen LogP contribution in [0.5, 0.6) is 11.5 Å². The van der Waals surface area contributed by atoms with E-state index >= 15 is 0 Å². The Morgan fingerprint density at radius 3 is 2.76 bits per heavy atom. The highest BCUT2D eigenvalue weighted by atomic mass is 16.5. The standard InChI is InChI=1S/C15H22N4O2/c1-5-16-11(2)12-6-7-14(15(8-12)20-4)21-10-13-9-19(3)18-17-13/h6-9,11,16H,5,10H2,1-4H3. The van der Waals surface area contributed by atoms with Gasteiger partial charge >= 0.3 is 0 Å². The third kappa shape index (κ3) is 3.95. The van der Waals surface area contributed by atoms with Crippen LogP contribution in [0.2, 0.25) is 0 Å². The molecular formula is C15H22N4O2. The van der Waals surface area contributed by atoms with Gasteiger partial charge in [0, 0.05) is 13.1 Å². The summed E-state index contributed by atoms with van der Waals surface area (Å²) in [6.45, 7) is 5.51. The number of ether oxygens (including phenoxy) is 2. The fraction of sp³-hybridized carbons (Fsp3) is 0.467. The van der Waals surface area contributed by atoms with Gasteiger partial charge in [0.1, 0.15) is 12.3 Å². The Hall–Kier alpha value is -2.08. The molecule has 0 fully saturated rings. The monoisotopic (exact) mass is 290 g/mol. The molecule has 0 spiro atoms. The first-order valence-corrected chi connectivity index (χ1v) is 7.03. The average molecular weight is 290 g/mol. The fourth-order valence-electron chi connectivity index (χ4n) is 2.11. The summed E-state index contributed by atoms with van der Waals surface area (Å²) < 4.78 is 12.8. The zero-order valence-corrected chi connectivity index (χ0v) is 13.0. The van der Waals surface area contributed by atoms with Crippen LogP contribution in [0.25, 0.3) is 0 Å². The Morgan fingerprint density at radius 2 is 2.14 bits per heavy atom. The normalized spacial score (nSPS) is 12.2. The predicted octanol–water partition coefficient (Wildman–Crippen LogP) is 2.07. The second-order valence-electron chi connectivity index (χ2n) is 4.86. The van der Waals surface area contributed by atoms with Gasteiger partial charge in [-0.3, -0.25) is 4.68 Å².